The third kappa shape index (κ3) is 10.3. The number of alkyl carbamates (subject to hydrolysis) is 1. The summed E-state index contributed by atoms with van der Waals surface area (Å²) in [4.78, 5) is 21.6. The molecule has 0 saturated heterocycles. The first-order chi connectivity index (χ1) is 10.0. The van der Waals surface area contributed by atoms with E-state index in [2.05, 4.69) is 5.32 Å². The number of nitrogens with one attached hydrogen (secondary N) is 1. The Bertz CT molecular complexity index is 283. The lowest BCUT2D eigenvalue weighted by Crippen LogP contribution is -2.42. The third-order valence-corrected chi connectivity index (χ3v) is 3.73. The van der Waals surface area contributed by atoms with Gasteiger partial charge >= 0.3 is 6.09 Å². The van der Waals surface area contributed by atoms with Gasteiger partial charge in [-0.15, -0.1) is 0 Å². The maximum absolute atomic E-state index is 11.1. The van der Waals surface area contributed by atoms with Crippen molar-refractivity contribution < 1.29 is 14.3 Å². The quantitative estimate of drug-likeness (QED) is 0.828. The van der Waals surface area contributed by atoms with Crippen LogP contribution in [0, 0.1) is 0 Å². The first-order valence-corrected chi connectivity index (χ1v) is 8.48. The standard InChI is InChI=1S/C9H15NO3.C6H12.C2H6/c1-7(11)6-10-8(12)13-9(2)4-3-5-9;1-2-4-6-5-3-1;1-2/h3-6H2,1-2H3,(H,10,12);1-6H2;1-2H3. The molecule has 2 aliphatic carbocycles. The number of ether oxygens (including phenoxy) is 1. The van der Waals surface area contributed by atoms with Crippen molar-refractivity contribution in [2.75, 3.05) is 6.54 Å². The summed E-state index contributed by atoms with van der Waals surface area (Å²) in [5.74, 6) is -0.0734. The molecule has 0 heterocycles. The van der Waals surface area contributed by atoms with Crippen LogP contribution in [0.2, 0.25) is 0 Å². The van der Waals surface area contributed by atoms with E-state index in [-0.39, 0.29) is 17.9 Å². The number of amides is 1. The third-order valence-electron chi connectivity index (χ3n) is 3.73. The summed E-state index contributed by atoms with van der Waals surface area (Å²) >= 11 is 0. The molecule has 4 heteroatoms. The molecule has 0 aliphatic heterocycles. The summed E-state index contributed by atoms with van der Waals surface area (Å²) in [6.45, 7) is 7.38. The lowest BCUT2D eigenvalue weighted by Gasteiger charge is -2.37. The molecule has 0 radical (unpaired) electrons. The minimum absolute atomic E-state index is 0.0505. The first-order valence-electron chi connectivity index (χ1n) is 8.48. The van der Waals surface area contributed by atoms with Crippen LogP contribution in [0.3, 0.4) is 0 Å². The highest BCUT2D eigenvalue weighted by molar-refractivity contribution is 5.81. The first kappa shape index (κ1) is 19.9. The maximum Gasteiger partial charge on any atom is 0.408 e. The molecular formula is C17H33NO3. The van der Waals surface area contributed by atoms with Gasteiger partial charge < -0.3 is 10.1 Å². The number of ketones is 1. The number of Topliss-reactive ketones (excluding diaryl/α,β-unsaturated/α-hetero) is 1. The zero-order valence-corrected chi connectivity index (χ0v) is 14.3. The zero-order valence-electron chi connectivity index (χ0n) is 14.3. The molecule has 0 aromatic carbocycles. The van der Waals surface area contributed by atoms with Crippen LogP contribution >= 0.6 is 0 Å². The Labute approximate surface area is 130 Å². The molecule has 0 atom stereocenters. The van der Waals surface area contributed by atoms with Crippen molar-refractivity contribution in [2.45, 2.75) is 91.1 Å². The highest BCUT2D eigenvalue weighted by Crippen LogP contribution is 2.34. The molecule has 2 rings (SSSR count). The van der Waals surface area contributed by atoms with Crippen LogP contribution in [0.25, 0.3) is 0 Å². The predicted molar refractivity (Wildman–Crippen MR) is 86.5 cm³/mol. The van der Waals surface area contributed by atoms with Crippen LogP contribution in [0.1, 0.15) is 85.5 Å². The van der Waals surface area contributed by atoms with Gasteiger partial charge in [-0.2, -0.15) is 0 Å². The summed E-state index contributed by atoms with van der Waals surface area (Å²) < 4.78 is 5.12. The van der Waals surface area contributed by atoms with E-state index in [0.717, 1.165) is 19.3 Å². The number of rotatable bonds is 3. The van der Waals surface area contributed by atoms with Gasteiger partial charge in [0.1, 0.15) is 11.4 Å². The fourth-order valence-electron chi connectivity index (χ4n) is 2.29. The van der Waals surface area contributed by atoms with Crippen molar-refractivity contribution in [3.63, 3.8) is 0 Å². The lowest BCUT2D eigenvalue weighted by molar-refractivity contribution is -0.116. The van der Waals surface area contributed by atoms with Gasteiger partial charge in [-0.3, -0.25) is 4.79 Å². The highest BCUT2D eigenvalue weighted by atomic mass is 16.6. The average Bonchev–Trinajstić information content (AvgIpc) is 2.48. The molecule has 2 aliphatic rings. The van der Waals surface area contributed by atoms with Crippen molar-refractivity contribution in [3.05, 3.63) is 0 Å². The van der Waals surface area contributed by atoms with E-state index in [4.69, 9.17) is 4.74 Å². The molecule has 2 fully saturated rings. The maximum atomic E-state index is 11.1. The second kappa shape index (κ2) is 11.6. The Morgan fingerprint density at radius 2 is 1.38 bits per heavy atom. The second-order valence-electron chi connectivity index (χ2n) is 5.87. The Kier molecular flexibility index (Phi) is 11.0. The Hall–Kier alpha value is -1.06. The Morgan fingerprint density at radius 1 is 0.952 bits per heavy atom. The topological polar surface area (TPSA) is 55.4 Å². The van der Waals surface area contributed by atoms with Crippen LogP contribution in [0.15, 0.2) is 0 Å². The van der Waals surface area contributed by atoms with E-state index >= 15 is 0 Å². The van der Waals surface area contributed by atoms with Crippen molar-refractivity contribution in [1.82, 2.24) is 5.32 Å². The van der Waals surface area contributed by atoms with E-state index in [1.54, 1.807) is 0 Å². The number of carbonyl (C=O) groups is 2. The SMILES string of the molecule is C1CCCCC1.CC.CC(=O)CNC(=O)OC1(C)CCC1. The van der Waals surface area contributed by atoms with Crippen LogP contribution < -0.4 is 5.32 Å². The average molecular weight is 299 g/mol. The van der Waals surface area contributed by atoms with Crippen LogP contribution in [-0.2, 0) is 9.53 Å². The van der Waals surface area contributed by atoms with Gasteiger partial charge in [-0.25, -0.2) is 4.79 Å². The molecule has 1 N–H and O–H groups in total. The molecule has 21 heavy (non-hydrogen) atoms. The smallest absolute Gasteiger partial charge is 0.408 e. The van der Waals surface area contributed by atoms with E-state index in [1.165, 1.54) is 45.4 Å². The van der Waals surface area contributed by atoms with Crippen molar-refractivity contribution >= 4 is 11.9 Å². The molecule has 4 nitrogen and oxygen atoms in total. The van der Waals surface area contributed by atoms with E-state index < -0.39 is 6.09 Å². The second-order valence-corrected chi connectivity index (χ2v) is 5.87. The molecule has 0 spiro atoms. The van der Waals surface area contributed by atoms with Gasteiger partial charge in [0.25, 0.3) is 0 Å². The zero-order chi connectivity index (χ0) is 16.1. The van der Waals surface area contributed by atoms with Crippen LogP contribution in [0.4, 0.5) is 4.79 Å². The minimum atomic E-state index is -0.489. The summed E-state index contributed by atoms with van der Waals surface area (Å²) in [7, 11) is 0. The summed E-state index contributed by atoms with van der Waals surface area (Å²) in [6, 6.07) is 0. The number of hydrogen-bond acceptors (Lipinski definition) is 3. The largest absolute Gasteiger partial charge is 0.443 e. The Morgan fingerprint density at radius 3 is 1.67 bits per heavy atom. The van der Waals surface area contributed by atoms with Gasteiger partial charge in [0.05, 0.1) is 6.54 Å². The molecule has 2 saturated carbocycles. The molecular weight excluding hydrogens is 266 g/mol. The van der Waals surface area contributed by atoms with Crippen molar-refractivity contribution in [3.8, 4) is 0 Å². The van der Waals surface area contributed by atoms with Crippen LogP contribution in [0.5, 0.6) is 0 Å². The molecule has 0 bridgehead atoms. The van der Waals surface area contributed by atoms with Gasteiger partial charge in [0.2, 0.25) is 0 Å². The molecule has 1 amide bonds. The van der Waals surface area contributed by atoms with Crippen LogP contribution in [-0.4, -0.2) is 24.0 Å². The van der Waals surface area contributed by atoms with E-state index in [9.17, 15) is 9.59 Å². The lowest BCUT2D eigenvalue weighted by atomic mass is 9.82. The van der Waals surface area contributed by atoms with Gasteiger partial charge in [-0.1, -0.05) is 52.4 Å². The number of carbonyl (C=O) groups excluding carboxylic acids is 2. The highest BCUT2D eigenvalue weighted by Gasteiger charge is 2.35. The minimum Gasteiger partial charge on any atom is -0.443 e. The normalized spacial score (nSPS) is 18.7. The van der Waals surface area contributed by atoms with E-state index in [0.29, 0.717) is 0 Å². The van der Waals surface area contributed by atoms with Crippen molar-refractivity contribution in [1.29, 1.82) is 0 Å². The monoisotopic (exact) mass is 299 g/mol. The van der Waals surface area contributed by atoms with Crippen molar-refractivity contribution in [2.24, 2.45) is 0 Å². The Balaban J connectivity index is 0.000000416. The predicted octanol–water partition coefficient (Wildman–Crippen LogP) is 4.61. The van der Waals surface area contributed by atoms with E-state index in [1.807, 2.05) is 20.8 Å². The summed E-state index contributed by atoms with van der Waals surface area (Å²) in [5.41, 5.74) is -0.291. The fraction of sp³-hybridized carbons (Fsp3) is 0.882. The summed E-state index contributed by atoms with van der Waals surface area (Å²) in [5, 5.41) is 2.40. The molecule has 0 aromatic heterocycles. The summed E-state index contributed by atoms with van der Waals surface area (Å²) in [6.07, 6.45) is 11.5. The molecule has 124 valence electrons. The van der Waals surface area contributed by atoms with Gasteiger partial charge in [-0.05, 0) is 33.1 Å². The molecule has 0 unspecified atom stereocenters. The fourth-order valence-corrected chi connectivity index (χ4v) is 2.29. The van der Waals surface area contributed by atoms with Gasteiger partial charge in [0, 0.05) is 0 Å². The molecule has 0 aromatic rings. The number of hydrogen-bond donors (Lipinski definition) is 1. The van der Waals surface area contributed by atoms with Gasteiger partial charge in [0.15, 0.2) is 0 Å².